The van der Waals surface area contributed by atoms with E-state index in [2.05, 4.69) is 51.6 Å². The van der Waals surface area contributed by atoms with Crippen molar-refractivity contribution >= 4 is 11.6 Å². The average Bonchev–Trinajstić information content (AvgIpc) is 3.09. The van der Waals surface area contributed by atoms with Crippen molar-refractivity contribution < 1.29 is 4.74 Å². The van der Waals surface area contributed by atoms with Gasteiger partial charge in [-0.05, 0) is 36.5 Å². The minimum atomic E-state index is 0.695. The first kappa shape index (κ1) is 17.5. The number of para-hydroxylation sites is 1. The average molecular weight is 337 g/mol. The molecule has 1 heterocycles. The summed E-state index contributed by atoms with van der Waals surface area (Å²) >= 11 is 0. The molecule has 4 heteroatoms. The zero-order chi connectivity index (χ0) is 17.3. The first-order valence-corrected chi connectivity index (χ1v) is 9.06. The lowest BCUT2D eigenvalue weighted by molar-refractivity contribution is 0.117. The third-order valence-corrected chi connectivity index (χ3v) is 4.46. The van der Waals surface area contributed by atoms with Crippen molar-refractivity contribution in [2.24, 2.45) is 4.99 Å². The smallest absolute Gasteiger partial charge is 0.198 e. The van der Waals surface area contributed by atoms with E-state index in [1.165, 1.54) is 16.8 Å². The number of anilines is 1. The Morgan fingerprint density at radius 3 is 2.72 bits per heavy atom. The fourth-order valence-electron chi connectivity index (χ4n) is 3.15. The number of nitrogens with zero attached hydrogens (tertiary/aromatic N) is 2. The predicted molar refractivity (Wildman–Crippen MR) is 104 cm³/mol. The monoisotopic (exact) mass is 337 g/mol. The molecule has 0 radical (unpaired) electrons. The molecule has 0 amide bonds. The van der Waals surface area contributed by atoms with Gasteiger partial charge >= 0.3 is 0 Å². The Morgan fingerprint density at radius 2 is 1.88 bits per heavy atom. The van der Waals surface area contributed by atoms with Gasteiger partial charge in [0.2, 0.25) is 0 Å². The Hall–Kier alpha value is -2.33. The second-order valence-electron chi connectivity index (χ2n) is 6.25. The number of guanidine groups is 1. The van der Waals surface area contributed by atoms with E-state index in [9.17, 15) is 0 Å². The maximum atomic E-state index is 5.73. The minimum absolute atomic E-state index is 0.695. The third kappa shape index (κ3) is 4.83. The summed E-state index contributed by atoms with van der Waals surface area (Å²) in [4.78, 5) is 6.72. The molecule has 0 fully saturated rings. The number of nitrogens with one attached hydrogen (secondary N) is 1. The molecule has 0 aromatic heterocycles. The fraction of sp³-hybridized carbons (Fsp3) is 0.381. The number of ether oxygens (including phenoxy) is 1. The Kier molecular flexibility index (Phi) is 6.46. The van der Waals surface area contributed by atoms with Crippen LogP contribution in [0.15, 0.2) is 59.6 Å². The Morgan fingerprint density at radius 1 is 1.08 bits per heavy atom. The van der Waals surface area contributed by atoms with E-state index in [-0.39, 0.29) is 0 Å². The summed E-state index contributed by atoms with van der Waals surface area (Å²) in [7, 11) is 1.85. The van der Waals surface area contributed by atoms with E-state index in [1.807, 2.05) is 25.2 Å². The lowest BCUT2D eigenvalue weighted by atomic mass is 10.2. The number of aliphatic imine (C=N–C) groups is 1. The van der Waals surface area contributed by atoms with Crippen LogP contribution in [0.1, 0.15) is 24.0 Å². The number of benzene rings is 2. The highest BCUT2D eigenvalue weighted by molar-refractivity contribution is 5.97. The molecule has 2 aromatic rings. The summed E-state index contributed by atoms with van der Waals surface area (Å²) in [6, 6.07) is 18.9. The van der Waals surface area contributed by atoms with Gasteiger partial charge in [0.05, 0.1) is 6.61 Å². The lowest BCUT2D eigenvalue weighted by Gasteiger charge is -2.22. The molecule has 25 heavy (non-hydrogen) atoms. The van der Waals surface area contributed by atoms with Gasteiger partial charge in [-0.25, -0.2) is 0 Å². The number of hydrogen-bond acceptors (Lipinski definition) is 2. The zero-order valence-electron chi connectivity index (χ0n) is 14.9. The molecule has 1 aliphatic heterocycles. The van der Waals surface area contributed by atoms with Crippen molar-refractivity contribution in [1.82, 2.24) is 5.32 Å². The van der Waals surface area contributed by atoms with Crippen LogP contribution in [0.3, 0.4) is 0 Å². The van der Waals surface area contributed by atoms with Gasteiger partial charge in [-0.15, -0.1) is 0 Å². The van der Waals surface area contributed by atoms with Crippen LogP contribution < -0.4 is 10.2 Å². The summed E-state index contributed by atoms with van der Waals surface area (Å²) < 4.78 is 5.73. The highest BCUT2D eigenvalue weighted by Crippen LogP contribution is 2.27. The van der Waals surface area contributed by atoms with Crippen molar-refractivity contribution in [2.45, 2.75) is 25.9 Å². The topological polar surface area (TPSA) is 36.9 Å². The van der Waals surface area contributed by atoms with Gasteiger partial charge in [0, 0.05) is 32.4 Å². The van der Waals surface area contributed by atoms with E-state index < -0.39 is 0 Å². The summed E-state index contributed by atoms with van der Waals surface area (Å²) in [5, 5.41) is 3.48. The predicted octanol–water partition coefficient (Wildman–Crippen LogP) is 3.62. The van der Waals surface area contributed by atoms with Crippen molar-refractivity contribution in [3.05, 3.63) is 65.7 Å². The molecule has 0 saturated carbocycles. The molecule has 132 valence electrons. The number of unbranched alkanes of at least 4 members (excludes halogenated alkanes) is 1. The van der Waals surface area contributed by atoms with Crippen LogP contribution in [0, 0.1) is 0 Å². The van der Waals surface area contributed by atoms with Crippen molar-refractivity contribution in [3.63, 3.8) is 0 Å². The number of hydrogen-bond donors (Lipinski definition) is 1. The molecule has 0 aliphatic carbocycles. The van der Waals surface area contributed by atoms with Crippen molar-refractivity contribution in [1.29, 1.82) is 0 Å². The number of rotatable bonds is 7. The van der Waals surface area contributed by atoms with Crippen LogP contribution in [0.5, 0.6) is 0 Å². The molecule has 4 nitrogen and oxygen atoms in total. The number of fused-ring (bicyclic) bond motifs is 1. The molecule has 1 N–H and O–H groups in total. The van der Waals surface area contributed by atoms with E-state index >= 15 is 0 Å². The molecular weight excluding hydrogens is 310 g/mol. The first-order chi connectivity index (χ1) is 12.4. The van der Waals surface area contributed by atoms with Gasteiger partial charge < -0.3 is 15.0 Å². The van der Waals surface area contributed by atoms with Crippen molar-refractivity contribution in [3.8, 4) is 0 Å². The van der Waals surface area contributed by atoms with Crippen molar-refractivity contribution in [2.75, 3.05) is 31.6 Å². The summed E-state index contributed by atoms with van der Waals surface area (Å²) in [5.41, 5.74) is 3.91. The molecule has 0 unspecified atom stereocenters. The van der Waals surface area contributed by atoms with Gasteiger partial charge in [-0.2, -0.15) is 0 Å². The molecule has 0 atom stereocenters. The third-order valence-electron chi connectivity index (χ3n) is 4.46. The van der Waals surface area contributed by atoms with E-state index in [4.69, 9.17) is 4.74 Å². The molecule has 0 saturated heterocycles. The molecular formula is C21H27N3O. The quantitative estimate of drug-likeness (QED) is 0.476. The minimum Gasteiger partial charge on any atom is -0.377 e. The SMILES string of the molecule is CN=C(NCCCCOCc1ccccc1)N1CCc2ccccc21. The highest BCUT2D eigenvalue weighted by atomic mass is 16.5. The molecule has 1 aliphatic rings. The molecule has 3 rings (SSSR count). The van der Waals surface area contributed by atoms with Gasteiger partial charge in [0.15, 0.2) is 5.96 Å². The van der Waals surface area contributed by atoms with Gasteiger partial charge in [-0.1, -0.05) is 48.5 Å². The second-order valence-corrected chi connectivity index (χ2v) is 6.25. The van der Waals surface area contributed by atoms with Gasteiger partial charge in [-0.3, -0.25) is 4.99 Å². The first-order valence-electron chi connectivity index (χ1n) is 9.06. The lowest BCUT2D eigenvalue weighted by Crippen LogP contribution is -2.41. The highest BCUT2D eigenvalue weighted by Gasteiger charge is 2.21. The van der Waals surface area contributed by atoms with Gasteiger partial charge in [0.25, 0.3) is 0 Å². The Bertz CT molecular complexity index is 685. The Labute approximate surface area is 150 Å². The zero-order valence-corrected chi connectivity index (χ0v) is 14.9. The van der Waals surface area contributed by atoms with Crippen LogP contribution in [-0.2, 0) is 17.8 Å². The van der Waals surface area contributed by atoms with Gasteiger partial charge in [0.1, 0.15) is 0 Å². The fourth-order valence-corrected chi connectivity index (χ4v) is 3.15. The standard InChI is InChI=1S/C21H27N3O/c1-22-21(24-15-13-19-11-5-6-12-20(19)24)23-14-7-8-16-25-17-18-9-3-2-4-10-18/h2-6,9-12H,7-8,13-17H2,1H3,(H,22,23). The molecule has 0 spiro atoms. The molecule has 0 bridgehead atoms. The summed E-state index contributed by atoms with van der Waals surface area (Å²) in [6.45, 7) is 3.40. The summed E-state index contributed by atoms with van der Waals surface area (Å²) in [5.74, 6) is 0.968. The molecule has 2 aromatic carbocycles. The van der Waals surface area contributed by atoms with Crippen LogP contribution in [0.25, 0.3) is 0 Å². The largest absolute Gasteiger partial charge is 0.377 e. The van der Waals surface area contributed by atoms with Crippen LogP contribution in [0.2, 0.25) is 0 Å². The maximum Gasteiger partial charge on any atom is 0.198 e. The Balaban J connectivity index is 1.34. The summed E-state index contributed by atoms with van der Waals surface area (Å²) in [6.07, 6.45) is 3.21. The van der Waals surface area contributed by atoms with Crippen LogP contribution in [-0.4, -0.2) is 32.7 Å². The van der Waals surface area contributed by atoms with E-state index in [0.717, 1.165) is 44.9 Å². The van der Waals surface area contributed by atoms with E-state index in [0.29, 0.717) is 6.61 Å². The maximum absolute atomic E-state index is 5.73. The van der Waals surface area contributed by atoms with Crippen LogP contribution in [0.4, 0.5) is 5.69 Å². The normalized spacial score (nSPS) is 13.8. The second kappa shape index (κ2) is 9.23. The van der Waals surface area contributed by atoms with E-state index in [1.54, 1.807) is 0 Å². The van der Waals surface area contributed by atoms with Crippen LogP contribution >= 0.6 is 0 Å².